The molecule has 5 heteroatoms. The summed E-state index contributed by atoms with van der Waals surface area (Å²) in [7, 11) is 0. The molecule has 4 bridgehead atoms. The highest BCUT2D eigenvalue weighted by atomic mass is 32.1. The third kappa shape index (κ3) is 3.74. The van der Waals surface area contributed by atoms with Crippen molar-refractivity contribution in [1.29, 1.82) is 0 Å². The van der Waals surface area contributed by atoms with Crippen LogP contribution in [0.2, 0.25) is 0 Å². The van der Waals surface area contributed by atoms with Crippen molar-refractivity contribution in [3.05, 3.63) is 0 Å². The summed E-state index contributed by atoms with van der Waals surface area (Å²) in [4.78, 5) is 27.2. The highest BCUT2D eigenvalue weighted by molar-refractivity contribution is 7.81. The number of hydrogen-bond donors (Lipinski definition) is 3. The highest BCUT2D eigenvalue weighted by Crippen LogP contribution is 2.68. The van der Waals surface area contributed by atoms with E-state index in [0.717, 1.165) is 64.2 Å². The topological polar surface area (TPSA) is 58.2 Å². The molecule has 0 aromatic heterocycles. The first kappa shape index (κ1) is 20.2. The first-order valence-corrected chi connectivity index (χ1v) is 12.7. The van der Waals surface area contributed by atoms with Crippen molar-refractivity contribution >= 4 is 24.4 Å². The van der Waals surface area contributed by atoms with Crippen LogP contribution in [0.15, 0.2) is 0 Å². The van der Waals surface area contributed by atoms with Gasteiger partial charge in [-0.25, -0.2) is 0 Å². The molecule has 6 rings (SSSR count). The number of thiol groups is 1. The molecule has 0 heterocycles. The summed E-state index contributed by atoms with van der Waals surface area (Å²) in [6, 6.07) is 0.680. The maximum absolute atomic E-state index is 13.6. The standard InChI is InChI=1S/C24H38N2O2S/c27-20(25-18-7-3-1-4-8-18)22-11-17-12-23(14-22,16-24(29,13-17)15-22)21(28)26-19-9-5-2-6-10-19/h17-19,29H,1-16H2,(H,25,27)(H,26,28). The fourth-order valence-electron chi connectivity index (χ4n) is 8.06. The Kier molecular flexibility index (Phi) is 5.20. The number of nitrogens with one attached hydrogen (secondary N) is 2. The maximum atomic E-state index is 13.6. The first-order valence-electron chi connectivity index (χ1n) is 12.2. The molecule has 0 aliphatic heterocycles. The minimum Gasteiger partial charge on any atom is -0.353 e. The molecule has 6 aliphatic carbocycles. The molecular formula is C24H38N2O2S. The van der Waals surface area contributed by atoms with E-state index in [2.05, 4.69) is 10.6 Å². The van der Waals surface area contributed by atoms with Crippen LogP contribution in [-0.4, -0.2) is 28.6 Å². The molecule has 2 N–H and O–H groups in total. The lowest BCUT2D eigenvalue weighted by Gasteiger charge is -2.64. The van der Waals surface area contributed by atoms with Crippen molar-refractivity contribution < 1.29 is 9.59 Å². The molecule has 0 radical (unpaired) electrons. The van der Waals surface area contributed by atoms with Crippen LogP contribution >= 0.6 is 12.6 Å². The third-order valence-corrected chi connectivity index (χ3v) is 9.38. The van der Waals surface area contributed by atoms with Gasteiger partial charge in [-0.2, -0.15) is 12.6 Å². The number of carbonyl (C=O) groups excluding carboxylic acids is 2. The van der Waals surface area contributed by atoms with Crippen LogP contribution in [0.5, 0.6) is 0 Å². The van der Waals surface area contributed by atoms with Gasteiger partial charge in [-0.05, 0) is 70.1 Å². The number of amides is 2. The molecule has 162 valence electrons. The predicted octanol–water partition coefficient (Wildman–Crippen LogP) is 4.52. The zero-order chi connectivity index (χ0) is 20.1. The minimum absolute atomic E-state index is 0.146. The van der Waals surface area contributed by atoms with Gasteiger partial charge >= 0.3 is 0 Å². The molecule has 6 saturated carbocycles. The van der Waals surface area contributed by atoms with E-state index in [-0.39, 0.29) is 27.4 Å². The summed E-state index contributed by atoms with van der Waals surface area (Å²) >= 11 is 5.12. The molecule has 6 aliphatic rings. The molecule has 2 atom stereocenters. The normalized spacial score (nSPS) is 42.6. The lowest BCUT2D eigenvalue weighted by Crippen LogP contribution is -2.66. The van der Waals surface area contributed by atoms with E-state index in [1.807, 2.05) is 0 Å². The van der Waals surface area contributed by atoms with Crippen molar-refractivity contribution in [3.8, 4) is 0 Å². The molecule has 0 aromatic rings. The van der Waals surface area contributed by atoms with Gasteiger partial charge < -0.3 is 10.6 Å². The van der Waals surface area contributed by atoms with E-state index < -0.39 is 0 Å². The zero-order valence-corrected chi connectivity index (χ0v) is 18.7. The average Bonchev–Trinajstić information content (AvgIpc) is 2.68. The molecule has 2 amide bonds. The molecule has 0 saturated heterocycles. The van der Waals surface area contributed by atoms with Crippen LogP contribution in [0.4, 0.5) is 0 Å². The molecule has 0 aromatic carbocycles. The van der Waals surface area contributed by atoms with Crippen molar-refractivity contribution in [2.24, 2.45) is 16.7 Å². The van der Waals surface area contributed by atoms with Crippen LogP contribution in [0.25, 0.3) is 0 Å². The smallest absolute Gasteiger partial charge is 0.226 e. The third-order valence-electron chi connectivity index (χ3n) is 8.88. The van der Waals surface area contributed by atoms with Crippen molar-refractivity contribution in [2.45, 2.75) is 120 Å². The van der Waals surface area contributed by atoms with Gasteiger partial charge in [0.05, 0.1) is 10.8 Å². The fraction of sp³-hybridized carbons (Fsp3) is 0.917. The quantitative estimate of drug-likeness (QED) is 0.588. The van der Waals surface area contributed by atoms with Gasteiger partial charge in [0, 0.05) is 16.8 Å². The fourth-order valence-corrected chi connectivity index (χ4v) is 8.93. The second kappa shape index (κ2) is 7.46. The zero-order valence-electron chi connectivity index (χ0n) is 17.8. The highest BCUT2D eigenvalue weighted by Gasteiger charge is 2.67. The number of rotatable bonds is 4. The number of carbonyl (C=O) groups is 2. The van der Waals surface area contributed by atoms with Crippen LogP contribution < -0.4 is 10.6 Å². The van der Waals surface area contributed by atoms with E-state index in [1.54, 1.807) is 0 Å². The molecular weight excluding hydrogens is 380 g/mol. The Balaban J connectivity index is 1.35. The predicted molar refractivity (Wildman–Crippen MR) is 118 cm³/mol. The van der Waals surface area contributed by atoms with E-state index in [9.17, 15) is 9.59 Å². The lowest BCUT2D eigenvalue weighted by atomic mass is 9.43. The molecule has 6 fully saturated rings. The Labute approximate surface area is 181 Å². The van der Waals surface area contributed by atoms with E-state index >= 15 is 0 Å². The van der Waals surface area contributed by atoms with Crippen molar-refractivity contribution in [1.82, 2.24) is 10.6 Å². The van der Waals surface area contributed by atoms with E-state index in [4.69, 9.17) is 12.6 Å². The molecule has 4 nitrogen and oxygen atoms in total. The van der Waals surface area contributed by atoms with Crippen LogP contribution in [0, 0.1) is 16.7 Å². The summed E-state index contributed by atoms with van der Waals surface area (Å²) < 4.78 is -0.146. The van der Waals surface area contributed by atoms with Crippen LogP contribution in [0.1, 0.15) is 103 Å². The SMILES string of the molecule is O=C(NC1CCCCC1)C12CC3CC(S)(C1)CC(C(=O)NC1CCCCC1)(C3)C2. The van der Waals surface area contributed by atoms with E-state index in [1.165, 1.54) is 38.5 Å². The van der Waals surface area contributed by atoms with Gasteiger partial charge in [0.2, 0.25) is 11.8 Å². The Bertz CT molecular complexity index is 620. The van der Waals surface area contributed by atoms with Gasteiger partial charge in [-0.1, -0.05) is 38.5 Å². The second-order valence-corrected chi connectivity index (χ2v) is 12.4. The van der Waals surface area contributed by atoms with Gasteiger partial charge in [-0.3, -0.25) is 9.59 Å². The van der Waals surface area contributed by atoms with Crippen molar-refractivity contribution in [3.63, 3.8) is 0 Å². The Morgan fingerprint density at radius 2 is 1.10 bits per heavy atom. The molecule has 0 spiro atoms. The monoisotopic (exact) mass is 418 g/mol. The van der Waals surface area contributed by atoms with E-state index in [0.29, 0.717) is 18.0 Å². The Morgan fingerprint density at radius 3 is 1.52 bits per heavy atom. The summed E-state index contributed by atoms with van der Waals surface area (Å²) in [6.45, 7) is 0. The summed E-state index contributed by atoms with van der Waals surface area (Å²) in [6.07, 6.45) is 17.4. The number of hydrogen-bond acceptors (Lipinski definition) is 3. The first-order chi connectivity index (χ1) is 13.9. The second-order valence-electron chi connectivity index (χ2n) is 11.4. The summed E-state index contributed by atoms with van der Waals surface area (Å²) in [5, 5.41) is 6.85. The lowest BCUT2D eigenvalue weighted by molar-refractivity contribution is -0.164. The summed E-state index contributed by atoms with van der Waals surface area (Å²) in [5.41, 5.74) is -0.745. The van der Waals surface area contributed by atoms with Crippen LogP contribution in [-0.2, 0) is 9.59 Å². The van der Waals surface area contributed by atoms with Gasteiger partial charge in [-0.15, -0.1) is 0 Å². The average molecular weight is 419 g/mol. The Morgan fingerprint density at radius 1 is 0.655 bits per heavy atom. The van der Waals surface area contributed by atoms with Gasteiger partial charge in [0.25, 0.3) is 0 Å². The molecule has 29 heavy (non-hydrogen) atoms. The minimum atomic E-state index is -0.373. The summed E-state index contributed by atoms with van der Waals surface area (Å²) in [5.74, 6) is 0.946. The largest absolute Gasteiger partial charge is 0.353 e. The van der Waals surface area contributed by atoms with Crippen molar-refractivity contribution in [2.75, 3.05) is 0 Å². The Hall–Kier alpha value is -0.710. The van der Waals surface area contributed by atoms with Gasteiger partial charge in [0.1, 0.15) is 0 Å². The van der Waals surface area contributed by atoms with Crippen LogP contribution in [0.3, 0.4) is 0 Å². The maximum Gasteiger partial charge on any atom is 0.226 e. The molecule has 2 unspecified atom stereocenters. The van der Waals surface area contributed by atoms with Gasteiger partial charge in [0.15, 0.2) is 0 Å².